The molecule has 1 atom stereocenters. The maximum absolute atomic E-state index is 6.35. The van der Waals surface area contributed by atoms with Crippen LogP contribution in [0.4, 0.5) is 0 Å². The van der Waals surface area contributed by atoms with Crippen LogP contribution in [0.1, 0.15) is 25.8 Å². The van der Waals surface area contributed by atoms with E-state index in [2.05, 4.69) is 19.2 Å². The number of methoxy groups -OCH3 is 1. The van der Waals surface area contributed by atoms with Gasteiger partial charge in [-0.1, -0.05) is 25.4 Å². The van der Waals surface area contributed by atoms with Gasteiger partial charge in [0.15, 0.2) is 11.5 Å². The number of nitrogens with one attached hydrogen (secondary N) is 1. The van der Waals surface area contributed by atoms with Crippen molar-refractivity contribution in [2.24, 2.45) is 5.92 Å². The van der Waals surface area contributed by atoms with Gasteiger partial charge in [0.05, 0.1) is 25.3 Å². The molecule has 0 radical (unpaired) electrons. The average molecular weight is 314 g/mol. The van der Waals surface area contributed by atoms with Crippen LogP contribution in [-0.4, -0.2) is 33.0 Å². The van der Waals surface area contributed by atoms with Crippen LogP contribution >= 0.6 is 11.6 Å². The van der Waals surface area contributed by atoms with Crippen LogP contribution in [0, 0.1) is 5.92 Å². The lowest BCUT2D eigenvalue weighted by molar-refractivity contribution is 0.165. The number of halogens is 1. The van der Waals surface area contributed by atoms with Crippen molar-refractivity contribution in [3.8, 4) is 11.5 Å². The van der Waals surface area contributed by atoms with Crippen molar-refractivity contribution >= 4 is 11.6 Å². The van der Waals surface area contributed by atoms with Gasteiger partial charge in [-0.25, -0.2) is 0 Å². The topological polar surface area (TPSA) is 39.7 Å². The van der Waals surface area contributed by atoms with Gasteiger partial charge in [0.2, 0.25) is 0 Å². The molecule has 1 aliphatic rings. The summed E-state index contributed by atoms with van der Waals surface area (Å²) in [4.78, 5) is 0. The first-order chi connectivity index (χ1) is 10.1. The Morgan fingerprint density at radius 2 is 2.24 bits per heavy atom. The Labute approximate surface area is 131 Å². The molecule has 1 N–H and O–H groups in total. The van der Waals surface area contributed by atoms with Gasteiger partial charge in [0, 0.05) is 25.1 Å². The van der Waals surface area contributed by atoms with Crippen molar-refractivity contribution in [1.82, 2.24) is 5.32 Å². The van der Waals surface area contributed by atoms with Crippen LogP contribution in [0.3, 0.4) is 0 Å². The number of ether oxygens (including phenoxy) is 3. The first-order valence-corrected chi connectivity index (χ1v) is 7.78. The van der Waals surface area contributed by atoms with Crippen LogP contribution in [0.15, 0.2) is 12.1 Å². The minimum Gasteiger partial charge on any atom is -0.493 e. The smallest absolute Gasteiger partial charge is 0.179 e. The summed E-state index contributed by atoms with van der Waals surface area (Å²) in [5.74, 6) is 1.74. The number of hydrogen-bond donors (Lipinski definition) is 1. The number of benzene rings is 1. The molecular weight excluding hydrogens is 290 g/mol. The van der Waals surface area contributed by atoms with Gasteiger partial charge in [0.1, 0.15) is 0 Å². The molecule has 1 heterocycles. The molecule has 1 aliphatic heterocycles. The Morgan fingerprint density at radius 1 is 1.43 bits per heavy atom. The van der Waals surface area contributed by atoms with Crippen molar-refractivity contribution in [1.29, 1.82) is 0 Å². The molecule has 1 saturated heterocycles. The highest BCUT2D eigenvalue weighted by Crippen LogP contribution is 2.37. The highest BCUT2D eigenvalue weighted by molar-refractivity contribution is 6.32. The van der Waals surface area contributed by atoms with Crippen molar-refractivity contribution in [3.63, 3.8) is 0 Å². The first-order valence-electron chi connectivity index (χ1n) is 7.40. The van der Waals surface area contributed by atoms with E-state index >= 15 is 0 Å². The van der Waals surface area contributed by atoms with Crippen LogP contribution in [0.5, 0.6) is 11.5 Å². The standard InChI is InChI=1S/C16H24ClNO3/c1-11(2)18-8-13-6-14(17)16(15(7-13)19-3)21-10-12-4-5-20-9-12/h6-7,11-12,18H,4-5,8-10H2,1-3H3. The predicted molar refractivity (Wildman–Crippen MR) is 84.4 cm³/mol. The summed E-state index contributed by atoms with van der Waals surface area (Å²) in [5.41, 5.74) is 1.09. The highest BCUT2D eigenvalue weighted by Gasteiger charge is 2.19. The minimum absolute atomic E-state index is 0.424. The van der Waals surface area contributed by atoms with Crippen molar-refractivity contribution in [2.45, 2.75) is 32.9 Å². The zero-order valence-corrected chi connectivity index (χ0v) is 13.7. The summed E-state index contributed by atoms with van der Waals surface area (Å²) in [6.45, 7) is 7.17. The summed E-state index contributed by atoms with van der Waals surface area (Å²) >= 11 is 6.35. The molecule has 0 spiro atoms. The van der Waals surface area contributed by atoms with Crippen molar-refractivity contribution in [2.75, 3.05) is 26.9 Å². The van der Waals surface area contributed by atoms with E-state index in [1.165, 1.54) is 0 Å². The minimum atomic E-state index is 0.424. The predicted octanol–water partition coefficient (Wildman–Crippen LogP) is 3.26. The zero-order valence-electron chi connectivity index (χ0n) is 12.9. The first kappa shape index (κ1) is 16.4. The Bertz CT molecular complexity index is 459. The molecule has 5 heteroatoms. The molecule has 1 fully saturated rings. The zero-order chi connectivity index (χ0) is 15.2. The Kier molecular flexibility index (Phi) is 6.15. The maximum atomic E-state index is 6.35. The maximum Gasteiger partial charge on any atom is 0.179 e. The van der Waals surface area contributed by atoms with Crippen molar-refractivity contribution < 1.29 is 14.2 Å². The molecule has 1 unspecified atom stereocenters. The van der Waals surface area contributed by atoms with Crippen LogP contribution in [-0.2, 0) is 11.3 Å². The Morgan fingerprint density at radius 3 is 2.86 bits per heavy atom. The van der Waals surface area contributed by atoms with E-state index in [0.29, 0.717) is 35.1 Å². The van der Waals surface area contributed by atoms with Gasteiger partial charge in [0.25, 0.3) is 0 Å². The molecular formula is C16H24ClNO3. The quantitative estimate of drug-likeness (QED) is 0.838. The summed E-state index contributed by atoms with van der Waals surface area (Å²) in [5, 5.41) is 3.96. The second kappa shape index (κ2) is 7.87. The highest BCUT2D eigenvalue weighted by atomic mass is 35.5. The van der Waals surface area contributed by atoms with E-state index in [4.69, 9.17) is 25.8 Å². The largest absolute Gasteiger partial charge is 0.493 e. The molecule has 0 amide bonds. The van der Waals surface area contributed by atoms with Gasteiger partial charge in [-0.15, -0.1) is 0 Å². The molecule has 21 heavy (non-hydrogen) atoms. The molecule has 118 valence electrons. The van der Waals surface area contributed by atoms with Gasteiger partial charge >= 0.3 is 0 Å². The third kappa shape index (κ3) is 4.77. The Balaban J connectivity index is 2.05. The van der Waals surface area contributed by atoms with Crippen molar-refractivity contribution in [3.05, 3.63) is 22.7 Å². The second-order valence-electron chi connectivity index (χ2n) is 5.69. The molecule has 1 aromatic rings. The molecule has 0 aliphatic carbocycles. The molecule has 4 nitrogen and oxygen atoms in total. The molecule has 0 bridgehead atoms. The van der Waals surface area contributed by atoms with Gasteiger partial charge < -0.3 is 19.5 Å². The number of rotatable bonds is 7. The fourth-order valence-electron chi connectivity index (χ4n) is 2.25. The second-order valence-corrected chi connectivity index (χ2v) is 6.09. The van der Waals surface area contributed by atoms with E-state index < -0.39 is 0 Å². The van der Waals surface area contributed by atoms with E-state index in [0.717, 1.165) is 31.7 Å². The third-order valence-corrected chi connectivity index (χ3v) is 3.77. The van der Waals surface area contributed by atoms with Gasteiger partial charge in [-0.2, -0.15) is 0 Å². The lowest BCUT2D eigenvalue weighted by Gasteiger charge is -2.16. The van der Waals surface area contributed by atoms with Crippen LogP contribution in [0.2, 0.25) is 5.02 Å². The molecule has 2 rings (SSSR count). The molecule has 0 aromatic heterocycles. The van der Waals surface area contributed by atoms with E-state index in [9.17, 15) is 0 Å². The SMILES string of the molecule is COc1cc(CNC(C)C)cc(Cl)c1OCC1CCOC1. The summed E-state index contributed by atoms with van der Waals surface area (Å²) in [7, 11) is 1.64. The Hall–Kier alpha value is -0.970. The molecule has 1 aromatic carbocycles. The lowest BCUT2D eigenvalue weighted by Crippen LogP contribution is -2.21. The monoisotopic (exact) mass is 313 g/mol. The number of hydrogen-bond acceptors (Lipinski definition) is 4. The van der Waals surface area contributed by atoms with E-state index in [-0.39, 0.29) is 0 Å². The van der Waals surface area contributed by atoms with Crippen LogP contribution < -0.4 is 14.8 Å². The van der Waals surface area contributed by atoms with E-state index in [1.807, 2.05) is 12.1 Å². The summed E-state index contributed by atoms with van der Waals surface area (Å²) < 4.78 is 16.6. The lowest BCUT2D eigenvalue weighted by atomic mass is 10.1. The average Bonchev–Trinajstić information content (AvgIpc) is 2.96. The van der Waals surface area contributed by atoms with Crippen LogP contribution in [0.25, 0.3) is 0 Å². The normalized spacial score (nSPS) is 18.2. The van der Waals surface area contributed by atoms with E-state index in [1.54, 1.807) is 7.11 Å². The summed E-state index contributed by atoms with van der Waals surface area (Å²) in [6.07, 6.45) is 1.04. The molecule has 0 saturated carbocycles. The fraction of sp³-hybridized carbons (Fsp3) is 0.625. The third-order valence-electron chi connectivity index (χ3n) is 3.49. The fourth-order valence-corrected chi connectivity index (χ4v) is 2.54. The van der Waals surface area contributed by atoms with Gasteiger partial charge in [-0.05, 0) is 24.1 Å². The van der Waals surface area contributed by atoms with Gasteiger partial charge in [-0.3, -0.25) is 0 Å². The summed E-state index contributed by atoms with van der Waals surface area (Å²) in [6, 6.07) is 4.33.